The molecule has 0 unspecified atom stereocenters. The average molecular weight is 586 g/mol. The zero-order chi connectivity index (χ0) is 30.4. The highest BCUT2D eigenvalue weighted by Crippen LogP contribution is 2.49. The van der Waals surface area contributed by atoms with Crippen molar-refractivity contribution in [2.24, 2.45) is 5.41 Å². The van der Waals surface area contributed by atoms with E-state index in [4.69, 9.17) is 19.2 Å². The second-order valence-corrected chi connectivity index (χ2v) is 12.5. The molecule has 2 saturated heterocycles. The number of ether oxygens (including phenoxy) is 3. The highest BCUT2D eigenvalue weighted by atomic mass is 19.1. The summed E-state index contributed by atoms with van der Waals surface area (Å²) in [5.74, 6) is -0.920. The molecular weight excluding hydrogens is 545 g/mol. The SMILES string of the molecule is COc1cccc([C@@H](c2cc3cc(N4CC5(COC5)C4)ccc3nc2OC)[C@@](O)(CCN(C)C)c2cccc(C)c2)c1F. The molecule has 6 rings (SSSR count). The van der Waals surface area contributed by atoms with Crippen LogP contribution in [0.2, 0.25) is 0 Å². The van der Waals surface area contributed by atoms with E-state index < -0.39 is 17.3 Å². The number of fused-ring (bicyclic) bond motifs is 1. The van der Waals surface area contributed by atoms with E-state index in [0.717, 1.165) is 48.5 Å². The highest BCUT2D eigenvalue weighted by Gasteiger charge is 2.49. The molecule has 0 bridgehead atoms. The smallest absolute Gasteiger partial charge is 0.217 e. The number of methoxy groups -OCH3 is 2. The van der Waals surface area contributed by atoms with Crippen molar-refractivity contribution in [3.63, 3.8) is 0 Å². The van der Waals surface area contributed by atoms with Crippen LogP contribution in [0.4, 0.5) is 10.1 Å². The molecule has 226 valence electrons. The Morgan fingerprint density at radius 2 is 1.79 bits per heavy atom. The van der Waals surface area contributed by atoms with Crippen LogP contribution in [0.15, 0.2) is 66.7 Å². The molecule has 3 heterocycles. The Bertz CT molecular complexity index is 1630. The van der Waals surface area contributed by atoms with Crippen molar-refractivity contribution in [3.8, 4) is 11.6 Å². The van der Waals surface area contributed by atoms with Crippen molar-refractivity contribution in [3.05, 3.63) is 94.8 Å². The first-order valence-corrected chi connectivity index (χ1v) is 14.7. The van der Waals surface area contributed by atoms with Crippen LogP contribution in [0, 0.1) is 18.2 Å². The van der Waals surface area contributed by atoms with Crippen molar-refractivity contribution in [2.45, 2.75) is 24.9 Å². The molecule has 43 heavy (non-hydrogen) atoms. The Hall–Kier alpha value is -3.72. The summed E-state index contributed by atoms with van der Waals surface area (Å²) in [5, 5.41) is 13.8. The van der Waals surface area contributed by atoms with Gasteiger partial charge in [-0.3, -0.25) is 0 Å². The monoisotopic (exact) mass is 585 g/mol. The minimum absolute atomic E-state index is 0.114. The molecule has 0 aliphatic carbocycles. The quantitative estimate of drug-likeness (QED) is 0.263. The summed E-state index contributed by atoms with van der Waals surface area (Å²) in [7, 11) is 6.95. The number of aromatic nitrogens is 1. The summed E-state index contributed by atoms with van der Waals surface area (Å²) in [6.07, 6.45) is 0.337. The normalized spacial score (nSPS) is 17.8. The van der Waals surface area contributed by atoms with E-state index in [1.165, 1.54) is 7.11 Å². The Morgan fingerprint density at radius 3 is 2.44 bits per heavy atom. The zero-order valence-corrected chi connectivity index (χ0v) is 25.6. The van der Waals surface area contributed by atoms with Crippen LogP contribution in [-0.2, 0) is 10.3 Å². The predicted molar refractivity (Wildman–Crippen MR) is 167 cm³/mol. The molecule has 0 saturated carbocycles. The van der Waals surface area contributed by atoms with Crippen molar-refractivity contribution >= 4 is 16.6 Å². The van der Waals surface area contributed by atoms with Gasteiger partial charge < -0.3 is 29.1 Å². The number of aryl methyl sites for hydroxylation is 1. The van der Waals surface area contributed by atoms with E-state index in [1.807, 2.05) is 62.3 Å². The molecule has 8 heteroatoms. The largest absolute Gasteiger partial charge is 0.494 e. The number of benzene rings is 3. The van der Waals surface area contributed by atoms with Crippen LogP contribution < -0.4 is 14.4 Å². The van der Waals surface area contributed by atoms with Crippen LogP contribution in [0.1, 0.15) is 34.6 Å². The number of anilines is 1. The lowest BCUT2D eigenvalue weighted by Crippen LogP contribution is -2.66. The van der Waals surface area contributed by atoms with Gasteiger partial charge in [-0.2, -0.15) is 0 Å². The lowest BCUT2D eigenvalue weighted by atomic mass is 9.71. The number of hydrogen-bond donors (Lipinski definition) is 1. The summed E-state index contributed by atoms with van der Waals surface area (Å²) >= 11 is 0. The average Bonchev–Trinajstić information content (AvgIpc) is 2.95. The number of hydrogen-bond acceptors (Lipinski definition) is 7. The maximum atomic E-state index is 16.3. The molecule has 0 radical (unpaired) electrons. The van der Waals surface area contributed by atoms with Gasteiger partial charge in [-0.1, -0.05) is 42.0 Å². The third kappa shape index (κ3) is 5.32. The van der Waals surface area contributed by atoms with Gasteiger partial charge in [0.2, 0.25) is 5.88 Å². The van der Waals surface area contributed by atoms with E-state index in [1.54, 1.807) is 25.3 Å². The molecule has 1 spiro atoms. The molecule has 7 nitrogen and oxygen atoms in total. The van der Waals surface area contributed by atoms with Crippen molar-refractivity contribution < 1.29 is 23.7 Å². The number of aliphatic hydroxyl groups is 1. The fourth-order valence-corrected chi connectivity index (χ4v) is 6.60. The molecule has 2 fully saturated rings. The first-order valence-electron chi connectivity index (χ1n) is 14.7. The van der Waals surface area contributed by atoms with E-state index >= 15 is 4.39 Å². The fourth-order valence-electron chi connectivity index (χ4n) is 6.60. The van der Waals surface area contributed by atoms with Crippen molar-refractivity contribution in [1.82, 2.24) is 9.88 Å². The van der Waals surface area contributed by atoms with E-state index in [9.17, 15) is 5.11 Å². The van der Waals surface area contributed by atoms with E-state index in [-0.39, 0.29) is 11.2 Å². The van der Waals surface area contributed by atoms with Crippen LogP contribution in [0.3, 0.4) is 0 Å². The fraction of sp³-hybridized carbons (Fsp3) is 0.400. The van der Waals surface area contributed by atoms with Crippen molar-refractivity contribution in [1.29, 1.82) is 0 Å². The Kier molecular flexibility index (Phi) is 7.79. The maximum Gasteiger partial charge on any atom is 0.217 e. The summed E-state index contributed by atoms with van der Waals surface area (Å²) in [6.45, 7) is 6.12. The number of pyridine rings is 1. The molecule has 1 aromatic heterocycles. The Balaban J connectivity index is 1.56. The summed E-state index contributed by atoms with van der Waals surface area (Å²) in [6, 6.07) is 21.1. The van der Waals surface area contributed by atoms with Crippen LogP contribution in [0.5, 0.6) is 11.6 Å². The second-order valence-electron chi connectivity index (χ2n) is 12.5. The third-order valence-electron chi connectivity index (χ3n) is 8.99. The van der Waals surface area contributed by atoms with Gasteiger partial charge in [0.25, 0.3) is 0 Å². The molecule has 0 amide bonds. The number of rotatable bonds is 10. The summed E-state index contributed by atoms with van der Waals surface area (Å²) in [4.78, 5) is 9.27. The highest BCUT2D eigenvalue weighted by molar-refractivity contribution is 5.84. The Morgan fingerprint density at radius 1 is 1.02 bits per heavy atom. The van der Waals surface area contributed by atoms with Gasteiger partial charge in [-0.15, -0.1) is 0 Å². The molecular formula is C35H40FN3O4. The molecule has 3 aromatic carbocycles. The molecule has 2 aliphatic heterocycles. The van der Waals surface area contributed by atoms with Crippen molar-refractivity contribution in [2.75, 3.05) is 66.1 Å². The number of halogens is 1. The van der Waals surface area contributed by atoms with Gasteiger partial charge in [0.15, 0.2) is 11.6 Å². The van der Waals surface area contributed by atoms with E-state index in [2.05, 4.69) is 17.0 Å². The minimum atomic E-state index is -1.52. The van der Waals surface area contributed by atoms with E-state index in [0.29, 0.717) is 35.5 Å². The van der Waals surface area contributed by atoms with Gasteiger partial charge in [0.05, 0.1) is 44.3 Å². The first kappa shape index (κ1) is 29.4. The zero-order valence-electron chi connectivity index (χ0n) is 25.6. The molecule has 2 atom stereocenters. The molecule has 1 N–H and O–H groups in total. The summed E-state index contributed by atoms with van der Waals surface area (Å²) in [5.41, 5.74) is 3.26. The molecule has 2 aliphatic rings. The lowest BCUT2D eigenvalue weighted by molar-refractivity contribution is -0.127. The van der Waals surface area contributed by atoms with Gasteiger partial charge in [0, 0.05) is 41.8 Å². The standard InChI is InChI=1S/C35H40FN3O4/c1-23-8-6-9-25(16-23)35(40,14-15-38(2)3)31(27-10-7-11-30(41-4)32(27)36)28-18-24-17-26(12-13-29(24)37-33(28)42-5)39-19-34(20-39)21-43-22-34/h6-13,16-18,31,40H,14-15,19-22H2,1-5H3/t31-,35+/m0/s1. The van der Waals surface area contributed by atoms with Gasteiger partial charge in [0.1, 0.15) is 5.60 Å². The van der Waals surface area contributed by atoms with Crippen LogP contribution in [-0.4, -0.2) is 76.2 Å². The molecule has 4 aromatic rings. The third-order valence-corrected chi connectivity index (χ3v) is 8.99. The van der Waals surface area contributed by atoms with Gasteiger partial charge in [-0.05, 0) is 63.3 Å². The van der Waals surface area contributed by atoms with Crippen LogP contribution >= 0.6 is 0 Å². The summed E-state index contributed by atoms with van der Waals surface area (Å²) < 4.78 is 33.0. The van der Waals surface area contributed by atoms with Gasteiger partial charge >= 0.3 is 0 Å². The minimum Gasteiger partial charge on any atom is -0.494 e. The maximum absolute atomic E-state index is 16.3. The first-order chi connectivity index (χ1) is 20.7. The predicted octanol–water partition coefficient (Wildman–Crippen LogP) is 5.51. The topological polar surface area (TPSA) is 67.3 Å². The Labute approximate surface area is 252 Å². The van der Waals surface area contributed by atoms with Gasteiger partial charge in [-0.25, -0.2) is 9.37 Å². The van der Waals surface area contributed by atoms with Crippen LogP contribution in [0.25, 0.3) is 10.9 Å². The number of nitrogens with zero attached hydrogens (tertiary/aromatic N) is 3. The second kappa shape index (κ2) is 11.4. The lowest BCUT2D eigenvalue weighted by Gasteiger charge is -2.56.